The van der Waals surface area contributed by atoms with Gasteiger partial charge in [-0.3, -0.25) is 9.79 Å². The molecular weight excluding hydrogens is 342 g/mol. The van der Waals surface area contributed by atoms with E-state index < -0.39 is 5.91 Å². The van der Waals surface area contributed by atoms with Crippen LogP contribution in [0.1, 0.15) is 5.56 Å². The smallest absolute Gasteiger partial charge is 0.288 e. The normalized spacial score (nSPS) is 23.1. The quantitative estimate of drug-likeness (QED) is 0.740. The number of nitrogens with one attached hydrogen (secondary N) is 1. The average Bonchev–Trinajstić information content (AvgIpc) is 2.65. The molecule has 2 aromatic rings. The Labute approximate surface area is 153 Å². The maximum Gasteiger partial charge on any atom is 0.288 e. The number of aromatic nitrogens is 2. The molecule has 27 heavy (non-hydrogen) atoms. The Morgan fingerprint density at radius 1 is 1.15 bits per heavy atom. The van der Waals surface area contributed by atoms with Gasteiger partial charge in [-0.1, -0.05) is 18.2 Å². The summed E-state index contributed by atoms with van der Waals surface area (Å²) in [6, 6.07) is 7.55. The number of fused-ring (bicyclic) bond motifs is 2. The Kier molecular flexibility index (Phi) is 3.46. The molecule has 0 radical (unpaired) electrons. The minimum absolute atomic E-state index is 0.434. The number of benzene rings is 1. The van der Waals surface area contributed by atoms with Gasteiger partial charge in [-0.05, 0) is 12.1 Å². The zero-order valence-corrected chi connectivity index (χ0v) is 14.1. The molecule has 3 aliphatic rings. The average molecular weight is 355 g/mol. The summed E-state index contributed by atoms with van der Waals surface area (Å²) in [5.41, 5.74) is 3.04. The molecule has 0 bridgehead atoms. The third kappa shape index (κ3) is 2.54. The summed E-state index contributed by atoms with van der Waals surface area (Å²) in [6.07, 6.45) is 9.11. The van der Waals surface area contributed by atoms with E-state index in [2.05, 4.69) is 30.2 Å². The van der Waals surface area contributed by atoms with Gasteiger partial charge in [-0.25, -0.2) is 20.0 Å². The molecule has 8 heteroatoms. The number of amides is 1. The summed E-state index contributed by atoms with van der Waals surface area (Å²) in [6.45, 7) is 0.746. The standard InChI is InChI=1S/C19H13N7O/c27-15-9-20-8-12-4-1-2-5-13(12)25-18-16-17-14(21-6-3-7-22-15)10-26(17)19(16)24-11-23-18/h1-9,11,21H,10H2/b6-3-,12-8+,20-9-,22-7+,25-13+. The number of aliphatic imine (C=N–C) groups is 2. The number of carbonyl (C=O) groups is 1. The van der Waals surface area contributed by atoms with Crippen molar-refractivity contribution < 1.29 is 4.79 Å². The Balaban J connectivity index is 1.72. The highest BCUT2D eigenvalue weighted by molar-refractivity contribution is 6.28. The first-order chi connectivity index (χ1) is 13.3. The molecule has 4 heterocycles. The van der Waals surface area contributed by atoms with Crippen LogP contribution in [0.3, 0.4) is 0 Å². The number of hydrogen-bond donors (Lipinski definition) is 1. The second kappa shape index (κ2) is 6.10. The zero-order chi connectivity index (χ0) is 18.2. The molecule has 5 rings (SSSR count). The van der Waals surface area contributed by atoms with Gasteiger partial charge >= 0.3 is 0 Å². The predicted molar refractivity (Wildman–Crippen MR) is 102 cm³/mol. The first-order valence-corrected chi connectivity index (χ1v) is 8.34. The van der Waals surface area contributed by atoms with E-state index in [9.17, 15) is 4.79 Å². The minimum atomic E-state index is -0.434. The van der Waals surface area contributed by atoms with Crippen molar-refractivity contribution in [2.75, 3.05) is 11.4 Å². The number of rotatable bonds is 0. The zero-order valence-electron chi connectivity index (χ0n) is 14.1. The molecule has 1 aromatic heterocycles. The van der Waals surface area contributed by atoms with Crippen LogP contribution in [-0.2, 0) is 4.79 Å². The van der Waals surface area contributed by atoms with Gasteiger partial charge in [-0.15, -0.1) is 0 Å². The number of hydrogen-bond acceptors (Lipinski definition) is 7. The van der Waals surface area contributed by atoms with Gasteiger partial charge in [0.1, 0.15) is 12.1 Å². The predicted octanol–water partition coefficient (Wildman–Crippen LogP) is 0.453. The third-order valence-electron chi connectivity index (χ3n) is 4.38. The summed E-state index contributed by atoms with van der Waals surface area (Å²) in [7, 11) is 0. The van der Waals surface area contributed by atoms with Crippen LogP contribution in [0.5, 0.6) is 0 Å². The fourth-order valence-electron chi connectivity index (χ4n) is 3.12. The minimum Gasteiger partial charge on any atom is -0.362 e. The van der Waals surface area contributed by atoms with Crippen LogP contribution in [-0.4, -0.2) is 34.8 Å². The molecule has 3 aliphatic heterocycles. The highest BCUT2D eigenvalue weighted by atomic mass is 16.1. The Bertz CT molecular complexity index is 1210. The maximum absolute atomic E-state index is 11.7. The van der Waals surface area contributed by atoms with E-state index in [0.29, 0.717) is 11.2 Å². The van der Waals surface area contributed by atoms with E-state index in [-0.39, 0.29) is 0 Å². The van der Waals surface area contributed by atoms with Crippen molar-refractivity contribution in [1.29, 1.82) is 0 Å². The second-order valence-electron chi connectivity index (χ2n) is 6.01. The van der Waals surface area contributed by atoms with Crippen molar-refractivity contribution in [3.05, 3.63) is 64.7 Å². The van der Waals surface area contributed by atoms with Crippen LogP contribution in [0.4, 0.5) is 11.6 Å². The molecule has 0 spiro atoms. The topological polar surface area (TPSA) is 95.2 Å². The lowest BCUT2D eigenvalue weighted by Gasteiger charge is -2.46. The van der Waals surface area contributed by atoms with Crippen LogP contribution in [0.2, 0.25) is 0 Å². The van der Waals surface area contributed by atoms with Gasteiger partial charge in [0.15, 0.2) is 5.82 Å². The van der Waals surface area contributed by atoms with Crippen molar-refractivity contribution in [3.63, 3.8) is 0 Å². The molecule has 0 saturated carbocycles. The Morgan fingerprint density at radius 2 is 2.07 bits per heavy atom. The molecule has 0 fully saturated rings. The molecule has 1 amide bonds. The summed E-state index contributed by atoms with van der Waals surface area (Å²) in [5.74, 6) is 1.07. The van der Waals surface area contributed by atoms with Crippen molar-refractivity contribution >= 4 is 41.9 Å². The monoisotopic (exact) mass is 355 g/mol. The third-order valence-corrected chi connectivity index (χ3v) is 4.38. The van der Waals surface area contributed by atoms with Gasteiger partial charge in [-0.2, -0.15) is 0 Å². The van der Waals surface area contributed by atoms with E-state index >= 15 is 0 Å². The molecule has 0 aliphatic carbocycles. The number of para-hydroxylation sites is 1. The molecule has 0 unspecified atom stereocenters. The summed E-state index contributed by atoms with van der Waals surface area (Å²) in [5, 5.41) is 4.71. The van der Waals surface area contributed by atoms with E-state index in [1.165, 1.54) is 18.8 Å². The largest absolute Gasteiger partial charge is 0.362 e. The molecular formula is C19H13N7O. The molecule has 8 nitrogen and oxygen atoms in total. The van der Waals surface area contributed by atoms with Gasteiger partial charge in [0.25, 0.3) is 5.91 Å². The molecule has 0 saturated heterocycles. The number of carbonyl (C=O) groups excluding carboxylic acids is 1. The second-order valence-corrected chi connectivity index (χ2v) is 6.01. The van der Waals surface area contributed by atoms with Crippen LogP contribution in [0.25, 0.3) is 11.9 Å². The van der Waals surface area contributed by atoms with E-state index in [1.807, 2.05) is 24.3 Å². The van der Waals surface area contributed by atoms with Crippen molar-refractivity contribution in [1.82, 2.24) is 15.3 Å². The number of anilines is 1. The van der Waals surface area contributed by atoms with Crippen LogP contribution in [0.15, 0.2) is 63.5 Å². The van der Waals surface area contributed by atoms with Gasteiger partial charge in [0.05, 0.1) is 35.1 Å². The number of nitrogens with zero attached hydrogens (tertiary/aromatic N) is 6. The Hall–Kier alpha value is -3.94. The molecule has 1 N–H and O–H groups in total. The fraction of sp³-hybridized carbons (Fsp3) is 0.0526. The fourth-order valence-corrected chi connectivity index (χ4v) is 3.12. The first-order valence-electron chi connectivity index (χ1n) is 8.34. The van der Waals surface area contributed by atoms with E-state index in [1.54, 1.807) is 18.5 Å². The van der Waals surface area contributed by atoms with Crippen LogP contribution < -0.4 is 20.8 Å². The van der Waals surface area contributed by atoms with E-state index in [4.69, 9.17) is 4.99 Å². The van der Waals surface area contributed by atoms with Crippen LogP contribution in [0, 0.1) is 0 Å². The number of allylic oxidation sites excluding steroid dienone is 1. The van der Waals surface area contributed by atoms with Crippen molar-refractivity contribution in [2.24, 2.45) is 15.0 Å². The first kappa shape index (κ1) is 15.3. The lowest BCUT2D eigenvalue weighted by molar-refractivity contribution is -0.111. The van der Waals surface area contributed by atoms with Crippen LogP contribution >= 0.6 is 0 Å². The Morgan fingerprint density at radius 3 is 3.04 bits per heavy atom. The molecule has 130 valence electrons. The van der Waals surface area contributed by atoms with Gasteiger partial charge in [0, 0.05) is 23.8 Å². The summed E-state index contributed by atoms with van der Waals surface area (Å²) >= 11 is 0. The highest BCUT2D eigenvalue weighted by Gasteiger charge is 2.43. The lowest BCUT2D eigenvalue weighted by atomic mass is 9.94. The van der Waals surface area contributed by atoms with Gasteiger partial charge in [0.2, 0.25) is 0 Å². The van der Waals surface area contributed by atoms with E-state index in [0.717, 1.165) is 34.5 Å². The van der Waals surface area contributed by atoms with Crippen molar-refractivity contribution in [2.45, 2.75) is 0 Å². The van der Waals surface area contributed by atoms with Crippen molar-refractivity contribution in [3.8, 4) is 0 Å². The maximum atomic E-state index is 11.7. The molecule has 0 atom stereocenters. The SMILES string of the molecule is O=C1\C=N/C=c2\cccc\c2=N/c2ncnc3c2C2=C(CN23)N/C=C\C=N\1. The van der Waals surface area contributed by atoms with Gasteiger partial charge < -0.3 is 10.2 Å². The molecule has 1 aromatic carbocycles. The summed E-state index contributed by atoms with van der Waals surface area (Å²) in [4.78, 5) is 35.1. The summed E-state index contributed by atoms with van der Waals surface area (Å²) < 4.78 is 0. The highest BCUT2D eigenvalue weighted by Crippen LogP contribution is 2.51. The lowest BCUT2D eigenvalue weighted by Crippen LogP contribution is -2.47.